The van der Waals surface area contributed by atoms with Gasteiger partial charge in [-0.15, -0.1) is 0 Å². The molecule has 1 aromatic carbocycles. The van der Waals surface area contributed by atoms with Crippen LogP contribution in [0.25, 0.3) is 5.69 Å². The summed E-state index contributed by atoms with van der Waals surface area (Å²) in [5, 5.41) is 13.4. The van der Waals surface area contributed by atoms with Crippen LogP contribution in [0.4, 0.5) is 4.39 Å². The van der Waals surface area contributed by atoms with Crippen LogP contribution >= 0.6 is 0 Å². The molecule has 0 aliphatic heterocycles. The van der Waals surface area contributed by atoms with Crippen LogP contribution in [0.15, 0.2) is 30.5 Å². The second kappa shape index (κ2) is 3.70. The van der Waals surface area contributed by atoms with Crippen molar-refractivity contribution in [3.63, 3.8) is 0 Å². The lowest BCUT2D eigenvalue weighted by atomic mass is 10.3. The second-order valence-corrected chi connectivity index (χ2v) is 3.09. The maximum absolute atomic E-state index is 12.9. The van der Waals surface area contributed by atoms with Gasteiger partial charge in [0.2, 0.25) is 0 Å². The maximum Gasteiger partial charge on any atom is 0.158 e. The third kappa shape index (κ3) is 1.82. The highest BCUT2D eigenvalue weighted by Crippen LogP contribution is 2.17. The van der Waals surface area contributed by atoms with Crippen molar-refractivity contribution in [2.24, 2.45) is 5.73 Å². The summed E-state index contributed by atoms with van der Waals surface area (Å²) >= 11 is 0. The SMILES string of the molecule is NCc1nn(-c2cccc(F)c2)cc1O. The Hall–Kier alpha value is -1.88. The molecule has 0 spiro atoms. The predicted molar refractivity (Wildman–Crippen MR) is 53.1 cm³/mol. The molecule has 0 saturated carbocycles. The van der Waals surface area contributed by atoms with Crippen molar-refractivity contribution in [3.8, 4) is 11.4 Å². The lowest BCUT2D eigenvalue weighted by Gasteiger charge is -1.99. The zero-order chi connectivity index (χ0) is 10.8. The van der Waals surface area contributed by atoms with Crippen LogP contribution in [0.3, 0.4) is 0 Å². The Balaban J connectivity index is 2.45. The van der Waals surface area contributed by atoms with Crippen LogP contribution in [-0.2, 0) is 6.54 Å². The van der Waals surface area contributed by atoms with E-state index in [-0.39, 0.29) is 18.1 Å². The second-order valence-electron chi connectivity index (χ2n) is 3.09. The van der Waals surface area contributed by atoms with Crippen molar-refractivity contribution in [3.05, 3.63) is 42.0 Å². The Morgan fingerprint density at radius 1 is 1.47 bits per heavy atom. The Kier molecular flexibility index (Phi) is 2.39. The molecule has 2 rings (SSSR count). The summed E-state index contributed by atoms with van der Waals surface area (Å²) in [6, 6.07) is 5.94. The topological polar surface area (TPSA) is 64.1 Å². The third-order valence-electron chi connectivity index (χ3n) is 2.03. The molecule has 78 valence electrons. The normalized spacial score (nSPS) is 10.5. The highest BCUT2D eigenvalue weighted by Gasteiger charge is 2.07. The number of benzene rings is 1. The first kappa shape index (κ1) is 9.67. The van der Waals surface area contributed by atoms with Gasteiger partial charge >= 0.3 is 0 Å². The summed E-state index contributed by atoms with van der Waals surface area (Å²) in [5.74, 6) is -0.335. The zero-order valence-electron chi connectivity index (χ0n) is 7.89. The van der Waals surface area contributed by atoms with Crippen molar-refractivity contribution in [2.45, 2.75) is 6.54 Å². The van der Waals surface area contributed by atoms with E-state index in [1.54, 1.807) is 12.1 Å². The number of hydrogen-bond donors (Lipinski definition) is 2. The summed E-state index contributed by atoms with van der Waals surface area (Å²) in [5.41, 5.74) is 6.30. The minimum atomic E-state index is -0.350. The summed E-state index contributed by atoms with van der Waals surface area (Å²) in [6.45, 7) is 0.147. The van der Waals surface area contributed by atoms with Crippen molar-refractivity contribution >= 4 is 0 Å². The maximum atomic E-state index is 12.9. The predicted octanol–water partition coefficient (Wildman–Crippen LogP) is 1.18. The van der Waals surface area contributed by atoms with Gasteiger partial charge in [0.05, 0.1) is 11.9 Å². The number of aromatic nitrogens is 2. The summed E-state index contributed by atoms with van der Waals surface area (Å²) < 4.78 is 14.3. The molecule has 0 bridgehead atoms. The van der Waals surface area contributed by atoms with E-state index in [0.717, 1.165) is 0 Å². The number of nitrogens with two attached hydrogens (primary N) is 1. The van der Waals surface area contributed by atoms with Gasteiger partial charge in [-0.25, -0.2) is 9.07 Å². The minimum Gasteiger partial charge on any atom is -0.504 e. The number of halogens is 1. The van der Waals surface area contributed by atoms with Crippen molar-refractivity contribution < 1.29 is 9.50 Å². The molecule has 1 aromatic heterocycles. The highest BCUT2D eigenvalue weighted by atomic mass is 19.1. The first-order valence-electron chi connectivity index (χ1n) is 4.44. The van der Waals surface area contributed by atoms with E-state index in [9.17, 15) is 9.50 Å². The van der Waals surface area contributed by atoms with E-state index in [1.165, 1.54) is 23.0 Å². The molecule has 0 fully saturated rings. The van der Waals surface area contributed by atoms with Crippen LogP contribution in [0.1, 0.15) is 5.69 Å². The molecule has 0 saturated heterocycles. The van der Waals surface area contributed by atoms with Gasteiger partial charge in [0.1, 0.15) is 11.5 Å². The monoisotopic (exact) mass is 207 g/mol. The fraction of sp³-hybridized carbons (Fsp3) is 0.100. The summed E-state index contributed by atoms with van der Waals surface area (Å²) in [6.07, 6.45) is 1.40. The molecular weight excluding hydrogens is 197 g/mol. The van der Waals surface area contributed by atoms with Gasteiger partial charge < -0.3 is 10.8 Å². The Morgan fingerprint density at radius 2 is 2.27 bits per heavy atom. The Bertz CT molecular complexity index is 481. The van der Waals surface area contributed by atoms with Crippen LogP contribution in [0.2, 0.25) is 0 Å². The Morgan fingerprint density at radius 3 is 2.87 bits per heavy atom. The van der Waals surface area contributed by atoms with Gasteiger partial charge in [0, 0.05) is 6.54 Å². The van der Waals surface area contributed by atoms with Gasteiger partial charge in [-0.1, -0.05) is 6.07 Å². The average molecular weight is 207 g/mol. The summed E-state index contributed by atoms with van der Waals surface area (Å²) in [7, 11) is 0. The van der Waals surface area contributed by atoms with Gasteiger partial charge in [0.15, 0.2) is 5.75 Å². The van der Waals surface area contributed by atoms with Crippen LogP contribution < -0.4 is 5.73 Å². The molecule has 1 heterocycles. The van der Waals surface area contributed by atoms with Gasteiger partial charge in [-0.2, -0.15) is 5.10 Å². The largest absolute Gasteiger partial charge is 0.504 e. The van der Waals surface area contributed by atoms with Crippen molar-refractivity contribution in [1.82, 2.24) is 9.78 Å². The zero-order valence-corrected chi connectivity index (χ0v) is 7.89. The first-order valence-corrected chi connectivity index (χ1v) is 4.44. The molecule has 15 heavy (non-hydrogen) atoms. The third-order valence-corrected chi connectivity index (χ3v) is 2.03. The number of hydrogen-bond acceptors (Lipinski definition) is 3. The molecule has 0 aliphatic rings. The fourth-order valence-corrected chi connectivity index (χ4v) is 1.30. The molecule has 4 nitrogen and oxygen atoms in total. The fourth-order valence-electron chi connectivity index (χ4n) is 1.30. The number of rotatable bonds is 2. The molecule has 5 heteroatoms. The molecule has 3 N–H and O–H groups in total. The molecule has 2 aromatic rings. The quantitative estimate of drug-likeness (QED) is 0.777. The van der Waals surface area contributed by atoms with Gasteiger partial charge in [-0.05, 0) is 18.2 Å². The lowest BCUT2D eigenvalue weighted by molar-refractivity contribution is 0.468. The van der Waals surface area contributed by atoms with E-state index < -0.39 is 0 Å². The molecule has 0 radical (unpaired) electrons. The molecular formula is C10H10FN3O. The minimum absolute atomic E-state index is 0.0155. The van der Waals surface area contributed by atoms with Gasteiger partial charge in [-0.3, -0.25) is 0 Å². The lowest BCUT2D eigenvalue weighted by Crippen LogP contribution is -2.00. The Labute approximate surface area is 85.8 Å². The van der Waals surface area contributed by atoms with E-state index in [2.05, 4.69) is 5.10 Å². The molecule has 0 unspecified atom stereocenters. The number of nitrogens with zero attached hydrogens (tertiary/aromatic N) is 2. The van der Waals surface area contributed by atoms with Crippen LogP contribution in [0.5, 0.6) is 5.75 Å². The van der Waals surface area contributed by atoms with E-state index in [0.29, 0.717) is 11.4 Å². The van der Waals surface area contributed by atoms with E-state index >= 15 is 0 Å². The smallest absolute Gasteiger partial charge is 0.158 e. The average Bonchev–Trinajstić information content (AvgIpc) is 2.60. The van der Waals surface area contributed by atoms with Crippen LogP contribution in [-0.4, -0.2) is 14.9 Å². The van der Waals surface area contributed by atoms with Crippen molar-refractivity contribution in [1.29, 1.82) is 0 Å². The molecule has 0 amide bonds. The molecule has 0 atom stereocenters. The standard InChI is InChI=1S/C10H10FN3O/c11-7-2-1-3-8(4-7)14-6-10(15)9(5-12)13-14/h1-4,6,15H,5,12H2. The summed E-state index contributed by atoms with van der Waals surface area (Å²) in [4.78, 5) is 0. The first-order chi connectivity index (χ1) is 7.20. The van der Waals surface area contributed by atoms with E-state index in [4.69, 9.17) is 5.73 Å². The van der Waals surface area contributed by atoms with Crippen molar-refractivity contribution in [2.75, 3.05) is 0 Å². The van der Waals surface area contributed by atoms with Gasteiger partial charge in [0.25, 0.3) is 0 Å². The number of aromatic hydroxyl groups is 1. The molecule has 0 aliphatic carbocycles. The van der Waals surface area contributed by atoms with E-state index in [1.807, 2.05) is 0 Å². The highest BCUT2D eigenvalue weighted by molar-refractivity contribution is 5.34. The van der Waals surface area contributed by atoms with Crippen LogP contribution in [0, 0.1) is 5.82 Å².